The molecule has 0 aromatic heterocycles. The second-order valence-corrected chi connectivity index (χ2v) is 8.15. The monoisotopic (exact) mass is 325 g/mol. The molecule has 0 aliphatic carbocycles. The Morgan fingerprint density at radius 3 is 2.55 bits per heavy atom. The van der Waals surface area contributed by atoms with Crippen LogP contribution in [-0.2, 0) is 21.1 Å². The van der Waals surface area contributed by atoms with Gasteiger partial charge in [0.15, 0.2) is 9.84 Å². The number of carbonyl (C=O) groups is 1. The molecule has 2 rings (SSSR count). The number of carbonyl (C=O) groups excluding carboxylic acids is 1. The topological polar surface area (TPSA) is 72.5 Å². The largest absolute Gasteiger partial charge is 0.491 e. The molecule has 1 aliphatic rings. The molecular formula is C16H23NO4S. The molecule has 0 spiro atoms. The molecule has 22 heavy (non-hydrogen) atoms. The molecule has 1 N–H and O–H groups in total. The van der Waals surface area contributed by atoms with Gasteiger partial charge in [0.1, 0.15) is 11.0 Å². The Kier molecular flexibility index (Phi) is 5.45. The Morgan fingerprint density at radius 2 is 2.00 bits per heavy atom. The van der Waals surface area contributed by atoms with Gasteiger partial charge in [-0.3, -0.25) is 4.79 Å². The highest BCUT2D eigenvalue weighted by molar-refractivity contribution is 7.93. The summed E-state index contributed by atoms with van der Waals surface area (Å²) in [5.41, 5.74) is 1.07. The average Bonchev–Trinajstić information content (AvgIpc) is 2.79. The molecule has 1 amide bonds. The van der Waals surface area contributed by atoms with Gasteiger partial charge in [-0.2, -0.15) is 0 Å². The van der Waals surface area contributed by atoms with Crippen LogP contribution in [0.1, 0.15) is 32.3 Å². The predicted molar refractivity (Wildman–Crippen MR) is 85.7 cm³/mol. The first-order chi connectivity index (χ1) is 10.4. The summed E-state index contributed by atoms with van der Waals surface area (Å²) >= 11 is 0. The lowest BCUT2D eigenvalue weighted by molar-refractivity contribution is -0.120. The number of hydrogen-bond donors (Lipinski definition) is 1. The summed E-state index contributed by atoms with van der Waals surface area (Å²) in [7, 11) is -3.23. The standard InChI is InChI=1S/C16H23NO4S/c1-12(2)21-14-7-5-13(6-8-14)9-10-17-16(18)15-4-3-11-22(15,19)20/h5-8,12,15H,3-4,9-11H2,1-2H3,(H,17,18). The molecule has 1 aromatic carbocycles. The lowest BCUT2D eigenvalue weighted by Crippen LogP contribution is -2.38. The predicted octanol–water partition coefficient (Wildman–Crippen LogP) is 1.71. The maximum absolute atomic E-state index is 11.9. The Balaban J connectivity index is 1.80. The Morgan fingerprint density at radius 1 is 1.32 bits per heavy atom. The zero-order valence-electron chi connectivity index (χ0n) is 13.0. The summed E-state index contributed by atoms with van der Waals surface area (Å²) in [6.07, 6.45) is 1.83. The van der Waals surface area contributed by atoms with Crippen LogP contribution in [0.25, 0.3) is 0 Å². The van der Waals surface area contributed by atoms with E-state index in [1.807, 2.05) is 38.1 Å². The summed E-state index contributed by atoms with van der Waals surface area (Å²) in [6, 6.07) is 7.71. The van der Waals surface area contributed by atoms with Crippen LogP contribution in [0, 0.1) is 0 Å². The van der Waals surface area contributed by atoms with Crippen molar-refractivity contribution in [2.45, 2.75) is 44.5 Å². The SMILES string of the molecule is CC(C)Oc1ccc(CCNC(=O)C2CCCS2(=O)=O)cc1. The smallest absolute Gasteiger partial charge is 0.238 e. The summed E-state index contributed by atoms with van der Waals surface area (Å²) in [5.74, 6) is 0.583. The second-order valence-electron chi connectivity index (χ2n) is 5.85. The minimum Gasteiger partial charge on any atom is -0.491 e. The van der Waals surface area contributed by atoms with Gasteiger partial charge in [-0.1, -0.05) is 12.1 Å². The number of benzene rings is 1. The first kappa shape index (κ1) is 16.8. The molecule has 1 aliphatic heterocycles. The van der Waals surface area contributed by atoms with Gasteiger partial charge < -0.3 is 10.1 Å². The molecule has 0 bridgehead atoms. The molecule has 1 aromatic rings. The summed E-state index contributed by atoms with van der Waals surface area (Å²) in [6.45, 7) is 4.39. The third-order valence-corrected chi connectivity index (χ3v) is 5.80. The molecule has 122 valence electrons. The Hall–Kier alpha value is -1.56. The van der Waals surface area contributed by atoms with Gasteiger partial charge in [0.2, 0.25) is 5.91 Å². The average molecular weight is 325 g/mol. The molecule has 5 nitrogen and oxygen atoms in total. The number of hydrogen-bond acceptors (Lipinski definition) is 4. The zero-order valence-corrected chi connectivity index (χ0v) is 13.9. The van der Waals surface area contributed by atoms with Crippen LogP contribution in [0.15, 0.2) is 24.3 Å². The molecule has 1 fully saturated rings. The van der Waals surface area contributed by atoms with Gasteiger partial charge >= 0.3 is 0 Å². The fourth-order valence-corrected chi connectivity index (χ4v) is 4.33. The lowest BCUT2D eigenvalue weighted by Gasteiger charge is -2.11. The first-order valence-corrected chi connectivity index (χ1v) is 9.35. The van der Waals surface area contributed by atoms with E-state index in [1.165, 1.54) is 0 Å². The molecule has 0 radical (unpaired) electrons. The Bertz CT molecular complexity index is 608. The molecule has 6 heteroatoms. The summed E-state index contributed by atoms with van der Waals surface area (Å²) in [4.78, 5) is 11.9. The highest BCUT2D eigenvalue weighted by Gasteiger charge is 2.36. The van der Waals surface area contributed by atoms with Crippen molar-refractivity contribution in [1.82, 2.24) is 5.32 Å². The van der Waals surface area contributed by atoms with Gasteiger partial charge in [-0.15, -0.1) is 0 Å². The second kappa shape index (κ2) is 7.13. The minimum atomic E-state index is -3.23. The van der Waals surface area contributed by atoms with Crippen molar-refractivity contribution in [3.05, 3.63) is 29.8 Å². The van der Waals surface area contributed by atoms with Crippen LogP contribution in [0.3, 0.4) is 0 Å². The highest BCUT2D eigenvalue weighted by Crippen LogP contribution is 2.20. The van der Waals surface area contributed by atoms with Crippen molar-refractivity contribution in [3.8, 4) is 5.75 Å². The fourth-order valence-electron chi connectivity index (χ4n) is 2.54. The third kappa shape index (κ3) is 4.47. The molecule has 1 unspecified atom stereocenters. The van der Waals surface area contributed by atoms with E-state index in [9.17, 15) is 13.2 Å². The van der Waals surface area contributed by atoms with Crippen molar-refractivity contribution in [2.24, 2.45) is 0 Å². The fraction of sp³-hybridized carbons (Fsp3) is 0.562. The zero-order chi connectivity index (χ0) is 16.2. The van der Waals surface area contributed by atoms with E-state index < -0.39 is 15.1 Å². The molecular weight excluding hydrogens is 302 g/mol. The van der Waals surface area contributed by atoms with Crippen LogP contribution in [-0.4, -0.2) is 38.0 Å². The van der Waals surface area contributed by atoms with E-state index in [0.717, 1.165) is 11.3 Å². The van der Waals surface area contributed by atoms with Crippen LogP contribution < -0.4 is 10.1 Å². The van der Waals surface area contributed by atoms with Crippen LogP contribution in [0.5, 0.6) is 5.75 Å². The molecule has 0 saturated carbocycles. The van der Waals surface area contributed by atoms with Crippen LogP contribution in [0.2, 0.25) is 0 Å². The van der Waals surface area contributed by atoms with Gasteiger partial charge in [-0.05, 0) is 50.8 Å². The maximum Gasteiger partial charge on any atom is 0.238 e. The van der Waals surface area contributed by atoms with Gasteiger partial charge in [-0.25, -0.2) is 8.42 Å². The van der Waals surface area contributed by atoms with Gasteiger partial charge in [0, 0.05) is 6.54 Å². The van der Waals surface area contributed by atoms with E-state index in [1.54, 1.807) is 0 Å². The van der Waals surface area contributed by atoms with E-state index >= 15 is 0 Å². The van der Waals surface area contributed by atoms with E-state index in [-0.39, 0.29) is 17.8 Å². The highest BCUT2D eigenvalue weighted by atomic mass is 32.2. The van der Waals surface area contributed by atoms with Crippen molar-refractivity contribution in [2.75, 3.05) is 12.3 Å². The molecule has 1 atom stereocenters. The number of amides is 1. The molecule has 1 heterocycles. The normalized spacial score (nSPS) is 20.0. The minimum absolute atomic E-state index is 0.127. The van der Waals surface area contributed by atoms with E-state index in [0.29, 0.717) is 25.8 Å². The van der Waals surface area contributed by atoms with Crippen molar-refractivity contribution < 1.29 is 17.9 Å². The Labute approximate surface area is 132 Å². The van der Waals surface area contributed by atoms with Gasteiger partial charge in [0.05, 0.1) is 11.9 Å². The van der Waals surface area contributed by atoms with Crippen molar-refractivity contribution >= 4 is 15.7 Å². The maximum atomic E-state index is 11.9. The first-order valence-electron chi connectivity index (χ1n) is 7.63. The quantitative estimate of drug-likeness (QED) is 0.864. The number of nitrogens with one attached hydrogen (secondary N) is 1. The lowest BCUT2D eigenvalue weighted by atomic mass is 10.1. The number of sulfone groups is 1. The summed E-state index contributed by atoms with van der Waals surface area (Å²) in [5, 5.41) is 1.87. The van der Waals surface area contributed by atoms with E-state index in [4.69, 9.17) is 4.74 Å². The van der Waals surface area contributed by atoms with Crippen LogP contribution in [0.4, 0.5) is 0 Å². The van der Waals surface area contributed by atoms with Gasteiger partial charge in [0.25, 0.3) is 0 Å². The molecule has 1 saturated heterocycles. The van der Waals surface area contributed by atoms with E-state index in [2.05, 4.69) is 5.32 Å². The van der Waals surface area contributed by atoms with Crippen molar-refractivity contribution in [3.63, 3.8) is 0 Å². The number of ether oxygens (including phenoxy) is 1. The number of rotatable bonds is 6. The van der Waals surface area contributed by atoms with Crippen LogP contribution >= 0.6 is 0 Å². The van der Waals surface area contributed by atoms with Crippen molar-refractivity contribution in [1.29, 1.82) is 0 Å². The third-order valence-electron chi connectivity index (χ3n) is 3.63. The summed E-state index contributed by atoms with van der Waals surface area (Å²) < 4.78 is 28.9.